The Balaban J connectivity index is 0. The molecule has 3 aromatic carbocycles. The number of nitrogens with two attached hydrogens (primary N) is 1. The van der Waals surface area contributed by atoms with Crippen molar-refractivity contribution in [2.75, 3.05) is 55.0 Å². The average Bonchev–Trinajstić information content (AvgIpc) is 3.08. The predicted octanol–water partition coefficient (Wildman–Crippen LogP) is 9.11. The lowest BCUT2D eigenvalue weighted by Crippen LogP contribution is -2.38. The zero-order valence-electron chi connectivity index (χ0n) is 27.9. The number of aryl methyl sites for hydroxylation is 3. The van der Waals surface area contributed by atoms with E-state index in [0.29, 0.717) is 49.8 Å². The van der Waals surface area contributed by atoms with Crippen molar-refractivity contribution in [2.24, 2.45) is 0 Å². The Morgan fingerprint density at radius 2 is 1.15 bits per heavy atom. The molecule has 0 spiro atoms. The molecule has 3 heterocycles. The van der Waals surface area contributed by atoms with Crippen molar-refractivity contribution in [1.29, 1.82) is 0 Å². The van der Waals surface area contributed by atoms with Crippen molar-refractivity contribution < 1.29 is 39.9 Å². The van der Waals surface area contributed by atoms with Gasteiger partial charge in [0, 0.05) is 55.5 Å². The van der Waals surface area contributed by atoms with Gasteiger partial charge in [0.05, 0.1) is 41.0 Å². The van der Waals surface area contributed by atoms with Crippen LogP contribution in [0.5, 0.6) is 0 Å². The van der Waals surface area contributed by atoms with Crippen LogP contribution in [0.1, 0.15) is 59.7 Å². The van der Waals surface area contributed by atoms with Crippen molar-refractivity contribution in [3.8, 4) is 0 Å². The Morgan fingerprint density at radius 1 is 0.698 bits per heavy atom. The van der Waals surface area contributed by atoms with Crippen LogP contribution in [0.4, 0.5) is 42.8 Å². The molecule has 3 fully saturated rings. The fourth-order valence-corrected chi connectivity index (χ4v) is 5.05. The number of nitrogens with one attached hydrogen (secondary N) is 1. The average molecular weight is 810 g/mol. The minimum Gasteiger partial charge on any atom is -0.449 e. The molecule has 3 aliphatic rings. The van der Waals surface area contributed by atoms with Crippen molar-refractivity contribution in [2.45, 2.75) is 62.3 Å². The van der Waals surface area contributed by atoms with Crippen molar-refractivity contribution >= 4 is 62.6 Å². The number of nitro groups is 2. The lowest BCUT2D eigenvalue weighted by molar-refractivity contribution is -0.385. The molecule has 16 nitrogen and oxygen atoms in total. The van der Waals surface area contributed by atoms with Crippen LogP contribution in [0.2, 0.25) is 0 Å². The van der Waals surface area contributed by atoms with E-state index in [1.54, 1.807) is 30.0 Å². The van der Waals surface area contributed by atoms with Crippen LogP contribution in [0.3, 0.4) is 0 Å². The number of non-ortho nitro benzene ring substituents is 2. The van der Waals surface area contributed by atoms with Crippen LogP contribution in [0.25, 0.3) is 0 Å². The maximum Gasteiger partial charge on any atom is 0.414 e. The highest BCUT2D eigenvalue weighted by Crippen LogP contribution is 2.27. The third kappa shape index (κ3) is 14.6. The summed E-state index contributed by atoms with van der Waals surface area (Å²) in [7, 11) is 0. The summed E-state index contributed by atoms with van der Waals surface area (Å²) in [4.78, 5) is 56.3. The van der Waals surface area contributed by atoms with Gasteiger partial charge < -0.3 is 25.3 Å². The summed E-state index contributed by atoms with van der Waals surface area (Å²) in [6, 6.07) is 14.6. The first-order valence-electron chi connectivity index (χ1n) is 15.6. The number of nitro benzene ring substituents is 2. The Labute approximate surface area is 320 Å². The number of cyclic esters (lactones) is 3. The van der Waals surface area contributed by atoms with E-state index in [9.17, 15) is 34.6 Å². The van der Waals surface area contributed by atoms with E-state index in [0.717, 1.165) is 47.1 Å². The first kappa shape index (κ1) is 47.5. The van der Waals surface area contributed by atoms with Gasteiger partial charge in [-0.1, -0.05) is 38.2 Å². The van der Waals surface area contributed by atoms with Gasteiger partial charge >= 0.3 is 18.3 Å². The molecular formula is C36H53BrN6O10. The molecular weight excluding hydrogens is 756 g/mol. The molecule has 3 saturated heterocycles. The molecule has 3 aliphatic heterocycles. The van der Waals surface area contributed by atoms with Crippen LogP contribution in [0.15, 0.2) is 59.1 Å². The third-order valence-electron chi connectivity index (χ3n) is 7.31. The number of carbonyl (C=O) groups is 3. The van der Waals surface area contributed by atoms with Gasteiger partial charge in [0.1, 0.15) is 0 Å². The van der Waals surface area contributed by atoms with Gasteiger partial charge in [-0.3, -0.25) is 30.0 Å². The molecule has 3 N–H and O–H groups in total. The number of hydrogen-bond donors (Lipinski definition) is 2. The second-order valence-corrected chi connectivity index (χ2v) is 12.0. The Bertz CT molecular complexity index is 1710. The van der Waals surface area contributed by atoms with Crippen LogP contribution in [-0.4, -0.2) is 67.6 Å². The summed E-state index contributed by atoms with van der Waals surface area (Å²) in [6.07, 6.45) is 1.62. The number of alkyl carbamates (subject to hydrolysis) is 1. The number of amides is 3. The molecule has 17 heteroatoms. The summed E-state index contributed by atoms with van der Waals surface area (Å²) in [5.41, 5.74) is 10.6. The summed E-state index contributed by atoms with van der Waals surface area (Å²) >= 11 is 3.26. The molecule has 0 aliphatic carbocycles. The summed E-state index contributed by atoms with van der Waals surface area (Å²) in [5.74, 6) is 0. The second kappa shape index (κ2) is 23.2. The summed E-state index contributed by atoms with van der Waals surface area (Å²) in [5, 5.41) is 23.4. The van der Waals surface area contributed by atoms with Crippen LogP contribution in [0, 0.1) is 41.0 Å². The molecule has 0 unspecified atom stereocenters. The number of rotatable bonds is 4. The molecule has 53 heavy (non-hydrogen) atoms. The largest absolute Gasteiger partial charge is 0.449 e. The number of carbonyl (C=O) groups excluding carboxylic acids is 3. The SMILES string of the molecule is C.C.C.Cc1cc(N)ccc1N1CCCOC1=O.Cc1cc([N+](=O)[O-])ccc1Br.Cc1cc([N+](=O)[O-])ccc1N1CCCOC1=O.O=C1NCCCO1.[HH]. The smallest absolute Gasteiger partial charge is 0.414 e. The lowest BCUT2D eigenvalue weighted by Gasteiger charge is -2.27. The van der Waals surface area contributed by atoms with E-state index in [2.05, 4.69) is 26.0 Å². The second-order valence-electron chi connectivity index (χ2n) is 11.1. The van der Waals surface area contributed by atoms with Gasteiger partial charge in [-0.05, 0) is 87.1 Å². The molecule has 294 valence electrons. The highest BCUT2D eigenvalue weighted by molar-refractivity contribution is 9.10. The van der Waals surface area contributed by atoms with Crippen molar-refractivity contribution in [1.82, 2.24) is 5.32 Å². The molecule has 0 radical (unpaired) electrons. The number of benzene rings is 3. The van der Waals surface area contributed by atoms with Gasteiger partial charge in [-0.2, -0.15) is 0 Å². The molecule has 6 rings (SSSR count). The van der Waals surface area contributed by atoms with E-state index in [1.165, 1.54) is 29.2 Å². The zero-order valence-corrected chi connectivity index (χ0v) is 29.5. The topological polar surface area (TPSA) is 210 Å². The van der Waals surface area contributed by atoms with Gasteiger partial charge in [-0.25, -0.2) is 14.4 Å². The maximum absolute atomic E-state index is 11.5. The Kier molecular flexibility index (Phi) is 20.8. The monoisotopic (exact) mass is 808 g/mol. The summed E-state index contributed by atoms with van der Waals surface area (Å²) in [6.45, 7) is 9.07. The Hall–Kier alpha value is -5.45. The molecule has 0 saturated carbocycles. The summed E-state index contributed by atoms with van der Waals surface area (Å²) < 4.78 is 15.3. The van der Waals surface area contributed by atoms with Crippen molar-refractivity contribution in [3.63, 3.8) is 0 Å². The fourth-order valence-electron chi connectivity index (χ4n) is 4.80. The van der Waals surface area contributed by atoms with Crippen LogP contribution < -0.4 is 20.9 Å². The number of nitrogen functional groups attached to an aromatic ring is 1. The highest BCUT2D eigenvalue weighted by Gasteiger charge is 2.24. The quantitative estimate of drug-likeness (QED) is 0.110. The number of hydrogen-bond acceptors (Lipinski definition) is 11. The number of nitrogens with zero attached hydrogens (tertiary/aromatic N) is 4. The van der Waals surface area contributed by atoms with Crippen LogP contribution >= 0.6 is 15.9 Å². The standard InChI is InChI=1S/C11H12N2O4.C11H14N2O2.C7H6BrNO2.C4H7NO2.3CH4.H2/c1-8-7-9(13(15)16)3-4-10(8)12-5-2-6-17-11(12)14;1-8-7-9(12)3-4-10(8)13-5-2-6-15-11(13)14;1-5-4-6(9(10)11)2-3-7(5)8;6-4-5-2-1-3-7-4;;;;/h3-4,7H,2,5-6H2,1H3;3-4,7H,2,5-6,12H2,1H3;2-4H,1H3;1-3H2,(H,5,6);3*1H4;1H. The molecule has 3 aromatic rings. The minimum atomic E-state index is -0.453. The first-order chi connectivity index (χ1) is 23.8. The van der Waals surface area contributed by atoms with E-state index >= 15 is 0 Å². The van der Waals surface area contributed by atoms with Gasteiger partial charge in [-0.15, -0.1) is 0 Å². The predicted molar refractivity (Wildman–Crippen MR) is 212 cm³/mol. The van der Waals surface area contributed by atoms with Crippen molar-refractivity contribution in [3.05, 3.63) is 96.0 Å². The normalized spacial score (nSPS) is 14.3. The lowest BCUT2D eigenvalue weighted by atomic mass is 10.1. The molecule has 0 atom stereocenters. The maximum atomic E-state index is 11.5. The number of anilines is 3. The molecule has 0 bridgehead atoms. The number of ether oxygens (including phenoxy) is 3. The van der Waals surface area contributed by atoms with Gasteiger partial charge in [0.15, 0.2) is 0 Å². The van der Waals surface area contributed by atoms with Gasteiger partial charge in [0.25, 0.3) is 11.4 Å². The highest BCUT2D eigenvalue weighted by atomic mass is 79.9. The van der Waals surface area contributed by atoms with Gasteiger partial charge in [0.2, 0.25) is 0 Å². The molecule has 3 amide bonds. The van der Waals surface area contributed by atoms with E-state index < -0.39 is 15.9 Å². The van der Waals surface area contributed by atoms with E-state index in [1.807, 2.05) is 26.0 Å². The van der Waals surface area contributed by atoms with E-state index in [-0.39, 0.29) is 47.3 Å². The Morgan fingerprint density at radius 3 is 1.53 bits per heavy atom. The third-order valence-corrected chi connectivity index (χ3v) is 8.20. The number of halogens is 1. The zero-order chi connectivity index (χ0) is 36.8. The van der Waals surface area contributed by atoms with Crippen LogP contribution in [-0.2, 0) is 14.2 Å². The fraction of sp³-hybridized carbons (Fsp3) is 0.417. The first-order valence-corrected chi connectivity index (χ1v) is 16.4. The molecule has 0 aromatic heterocycles. The minimum absolute atomic E-state index is 0. The van der Waals surface area contributed by atoms with E-state index in [4.69, 9.17) is 15.2 Å².